The smallest absolute Gasteiger partial charge is 0.408 e. The Bertz CT molecular complexity index is 642. The minimum atomic E-state index is -0.607. The number of anilines is 1. The number of hydrogen-bond acceptors (Lipinski definition) is 5. The van der Waals surface area contributed by atoms with Gasteiger partial charge in [-0.15, -0.1) is 0 Å². The van der Waals surface area contributed by atoms with E-state index in [4.69, 9.17) is 15.2 Å². The molecule has 0 aliphatic heterocycles. The van der Waals surface area contributed by atoms with Crippen LogP contribution in [0, 0.1) is 6.92 Å². The molecular weight excluding hydrogens is 332 g/mol. The van der Waals surface area contributed by atoms with Crippen molar-refractivity contribution in [3.05, 3.63) is 29.3 Å². The zero-order valence-corrected chi connectivity index (χ0v) is 16.9. The summed E-state index contributed by atoms with van der Waals surface area (Å²) < 4.78 is 10.7. The third-order valence-electron chi connectivity index (χ3n) is 3.43. The lowest BCUT2D eigenvalue weighted by atomic mass is 9.97. The topological polar surface area (TPSA) is 90.7 Å². The summed E-state index contributed by atoms with van der Waals surface area (Å²) in [5.74, 6) is -0.310. The predicted octanol–water partition coefficient (Wildman–Crippen LogP) is 4.26. The summed E-state index contributed by atoms with van der Waals surface area (Å²) in [5.41, 5.74) is 7.18. The number of hydrogen-bond donors (Lipinski definition) is 2. The molecule has 1 aromatic rings. The minimum absolute atomic E-state index is 0.173. The van der Waals surface area contributed by atoms with E-state index in [9.17, 15) is 9.59 Å². The first kappa shape index (κ1) is 21.8. The molecule has 26 heavy (non-hydrogen) atoms. The molecule has 0 spiro atoms. The molecule has 1 atom stereocenters. The number of esters is 1. The van der Waals surface area contributed by atoms with Crippen LogP contribution < -0.4 is 11.1 Å². The van der Waals surface area contributed by atoms with Crippen LogP contribution in [0.2, 0.25) is 0 Å². The molecule has 0 radical (unpaired) electrons. The molecule has 1 rings (SSSR count). The van der Waals surface area contributed by atoms with Crippen LogP contribution in [0.1, 0.15) is 71.6 Å². The molecule has 0 aliphatic rings. The van der Waals surface area contributed by atoms with Gasteiger partial charge in [-0.3, -0.25) is 4.79 Å². The van der Waals surface area contributed by atoms with Gasteiger partial charge in [0.05, 0.1) is 6.04 Å². The second kappa shape index (κ2) is 8.43. The second-order valence-corrected chi connectivity index (χ2v) is 8.44. The predicted molar refractivity (Wildman–Crippen MR) is 103 cm³/mol. The summed E-state index contributed by atoms with van der Waals surface area (Å²) in [6.45, 7) is 12.8. The van der Waals surface area contributed by atoms with Gasteiger partial charge >= 0.3 is 12.1 Å². The monoisotopic (exact) mass is 364 g/mol. The number of rotatable bonds is 5. The molecule has 1 aromatic carbocycles. The van der Waals surface area contributed by atoms with Crippen molar-refractivity contribution < 1.29 is 19.1 Å². The number of amides is 1. The van der Waals surface area contributed by atoms with Gasteiger partial charge in [-0.05, 0) is 78.1 Å². The lowest BCUT2D eigenvalue weighted by molar-refractivity contribution is -0.155. The molecule has 6 heteroatoms. The quantitative estimate of drug-likeness (QED) is 0.601. The average molecular weight is 364 g/mol. The number of alkyl carbamates (subject to hydrolysis) is 1. The highest BCUT2D eigenvalue weighted by Gasteiger charge is 2.24. The Morgan fingerprint density at radius 3 is 2.19 bits per heavy atom. The highest BCUT2D eigenvalue weighted by molar-refractivity contribution is 5.71. The number of nitrogens with one attached hydrogen (secondary N) is 1. The van der Waals surface area contributed by atoms with Gasteiger partial charge in [0.1, 0.15) is 11.2 Å². The normalized spacial score (nSPS) is 13.0. The summed E-state index contributed by atoms with van der Waals surface area (Å²) in [7, 11) is 0. The number of ether oxygens (including phenoxy) is 2. The second-order valence-electron chi connectivity index (χ2n) is 8.44. The summed E-state index contributed by atoms with van der Waals surface area (Å²) in [6, 6.07) is 5.10. The van der Waals surface area contributed by atoms with Crippen LogP contribution in [-0.2, 0) is 14.3 Å². The number of benzene rings is 1. The van der Waals surface area contributed by atoms with Crippen molar-refractivity contribution >= 4 is 17.7 Å². The van der Waals surface area contributed by atoms with E-state index >= 15 is 0 Å². The number of aryl methyl sites for hydroxylation is 1. The highest BCUT2D eigenvalue weighted by Crippen LogP contribution is 2.25. The van der Waals surface area contributed by atoms with Gasteiger partial charge in [-0.1, -0.05) is 6.07 Å². The lowest BCUT2D eigenvalue weighted by Gasteiger charge is -2.25. The van der Waals surface area contributed by atoms with Crippen molar-refractivity contribution in [2.45, 2.75) is 78.6 Å². The Morgan fingerprint density at radius 2 is 1.65 bits per heavy atom. The van der Waals surface area contributed by atoms with Crippen molar-refractivity contribution in [2.75, 3.05) is 5.73 Å². The van der Waals surface area contributed by atoms with Gasteiger partial charge in [-0.25, -0.2) is 4.79 Å². The maximum Gasteiger partial charge on any atom is 0.408 e. The zero-order chi connectivity index (χ0) is 20.1. The fraction of sp³-hybridized carbons (Fsp3) is 0.600. The molecule has 146 valence electrons. The van der Waals surface area contributed by atoms with Gasteiger partial charge in [0.25, 0.3) is 0 Å². The Labute approximate surface area is 156 Å². The Hall–Kier alpha value is -2.24. The van der Waals surface area contributed by atoms with Gasteiger partial charge < -0.3 is 20.5 Å². The molecular formula is C20H32N2O4. The van der Waals surface area contributed by atoms with Crippen molar-refractivity contribution in [3.63, 3.8) is 0 Å². The van der Waals surface area contributed by atoms with Crippen molar-refractivity contribution in [1.82, 2.24) is 5.32 Å². The molecule has 1 unspecified atom stereocenters. The van der Waals surface area contributed by atoms with Crippen LogP contribution in [0.3, 0.4) is 0 Å². The van der Waals surface area contributed by atoms with Crippen LogP contribution in [0.15, 0.2) is 18.2 Å². The minimum Gasteiger partial charge on any atom is -0.460 e. The number of carbonyl (C=O) groups excluding carboxylic acids is 2. The molecule has 0 bridgehead atoms. The highest BCUT2D eigenvalue weighted by atomic mass is 16.6. The molecule has 6 nitrogen and oxygen atoms in total. The van der Waals surface area contributed by atoms with Crippen LogP contribution in [0.4, 0.5) is 10.5 Å². The van der Waals surface area contributed by atoms with Crippen LogP contribution in [0.5, 0.6) is 0 Å². The molecule has 0 saturated carbocycles. The van der Waals surface area contributed by atoms with Crippen molar-refractivity contribution in [2.24, 2.45) is 0 Å². The molecule has 0 aromatic heterocycles. The summed E-state index contributed by atoms with van der Waals surface area (Å²) in [4.78, 5) is 24.3. The number of carbonyl (C=O) groups is 2. The van der Waals surface area contributed by atoms with Crippen molar-refractivity contribution in [1.29, 1.82) is 0 Å². The third-order valence-corrected chi connectivity index (χ3v) is 3.43. The molecule has 0 fully saturated rings. The molecule has 3 N–H and O–H groups in total. The Balaban J connectivity index is 2.93. The van der Waals surface area contributed by atoms with E-state index in [1.807, 2.05) is 39.8 Å². The maximum atomic E-state index is 12.2. The largest absolute Gasteiger partial charge is 0.460 e. The van der Waals surface area contributed by atoms with E-state index < -0.39 is 23.3 Å². The standard InChI is InChI=1S/C20H32N2O4/c1-13-8-9-14(21)12-15(13)16(22-18(24)26-20(5,6)7)10-11-17(23)25-19(2,3)4/h8-9,12,16H,10-11,21H2,1-7H3,(H,22,24). The van der Waals surface area contributed by atoms with Crippen LogP contribution in [0.25, 0.3) is 0 Å². The van der Waals surface area contributed by atoms with E-state index in [1.165, 1.54) is 0 Å². The Morgan fingerprint density at radius 1 is 1.08 bits per heavy atom. The van der Waals surface area contributed by atoms with Gasteiger partial charge in [0.2, 0.25) is 0 Å². The molecule has 0 saturated heterocycles. The van der Waals surface area contributed by atoms with Gasteiger partial charge in [0.15, 0.2) is 0 Å². The molecule has 0 heterocycles. The third kappa shape index (κ3) is 8.23. The summed E-state index contributed by atoms with van der Waals surface area (Å²) >= 11 is 0. The van der Waals surface area contributed by atoms with Gasteiger partial charge in [0, 0.05) is 12.1 Å². The van der Waals surface area contributed by atoms with E-state index in [2.05, 4.69) is 5.32 Å². The SMILES string of the molecule is Cc1ccc(N)cc1C(CCC(=O)OC(C)(C)C)NC(=O)OC(C)(C)C. The fourth-order valence-corrected chi connectivity index (χ4v) is 2.44. The Kier molecular flexibility index (Phi) is 7.07. The van der Waals surface area contributed by atoms with Crippen molar-refractivity contribution in [3.8, 4) is 0 Å². The molecule has 1 amide bonds. The van der Waals surface area contributed by atoms with Gasteiger partial charge in [-0.2, -0.15) is 0 Å². The zero-order valence-electron chi connectivity index (χ0n) is 16.9. The van der Waals surface area contributed by atoms with E-state index in [0.717, 1.165) is 11.1 Å². The van der Waals surface area contributed by atoms with E-state index in [0.29, 0.717) is 12.1 Å². The average Bonchev–Trinajstić information content (AvgIpc) is 2.42. The van der Waals surface area contributed by atoms with Crippen LogP contribution in [-0.4, -0.2) is 23.3 Å². The first-order chi connectivity index (χ1) is 11.8. The van der Waals surface area contributed by atoms with E-state index in [1.54, 1.807) is 26.8 Å². The summed E-state index contributed by atoms with van der Waals surface area (Å²) in [6.07, 6.45) is 0.0262. The summed E-state index contributed by atoms with van der Waals surface area (Å²) in [5, 5.41) is 2.85. The number of nitrogens with two attached hydrogens (primary N) is 1. The first-order valence-corrected chi connectivity index (χ1v) is 8.84. The lowest BCUT2D eigenvalue weighted by Crippen LogP contribution is -2.35. The van der Waals surface area contributed by atoms with Crippen LogP contribution >= 0.6 is 0 Å². The first-order valence-electron chi connectivity index (χ1n) is 8.84. The number of nitrogen functional groups attached to an aromatic ring is 1. The van der Waals surface area contributed by atoms with E-state index in [-0.39, 0.29) is 12.4 Å². The maximum absolute atomic E-state index is 12.2. The fourth-order valence-electron chi connectivity index (χ4n) is 2.44. The molecule has 0 aliphatic carbocycles.